The third-order valence-corrected chi connectivity index (χ3v) is 5.58. The summed E-state index contributed by atoms with van der Waals surface area (Å²) in [4.78, 5) is 23.0. The molecule has 3 rings (SSSR count). The largest absolute Gasteiger partial charge is 0.353 e. The van der Waals surface area contributed by atoms with Gasteiger partial charge in [-0.2, -0.15) is 0 Å². The number of halogens is 2. The number of carbonyl (C=O) groups excluding carboxylic acids is 1. The van der Waals surface area contributed by atoms with E-state index in [0.717, 1.165) is 49.7 Å². The number of nitrogens with one attached hydrogen (secondary N) is 3. The summed E-state index contributed by atoms with van der Waals surface area (Å²) in [5.74, 6) is 1.56. The summed E-state index contributed by atoms with van der Waals surface area (Å²) in [7, 11) is 1.77. The number of amides is 1. The first-order valence-electron chi connectivity index (χ1n) is 10.8. The highest BCUT2D eigenvalue weighted by atomic mass is 127. The quantitative estimate of drug-likeness (QED) is 0.195. The van der Waals surface area contributed by atoms with Crippen molar-refractivity contribution in [2.24, 2.45) is 4.99 Å². The normalized spacial score (nSPS) is 15.8. The zero-order valence-electron chi connectivity index (χ0n) is 18.6. The number of benzene rings is 1. The summed E-state index contributed by atoms with van der Waals surface area (Å²) in [6.07, 6.45) is 4.81. The second kappa shape index (κ2) is 13.5. The fourth-order valence-corrected chi connectivity index (χ4v) is 3.75. The topological polar surface area (TPSA) is 81.6 Å². The average Bonchev–Trinajstić information content (AvgIpc) is 3.25. The lowest BCUT2D eigenvalue weighted by Crippen LogP contribution is -2.44. The molecular weight excluding hydrogens is 539 g/mol. The van der Waals surface area contributed by atoms with Gasteiger partial charge in [-0.05, 0) is 42.7 Å². The first-order valence-corrected chi connectivity index (χ1v) is 11.2. The van der Waals surface area contributed by atoms with E-state index in [2.05, 4.69) is 37.8 Å². The van der Waals surface area contributed by atoms with Crippen LogP contribution in [0, 0.1) is 0 Å². The second-order valence-corrected chi connectivity index (χ2v) is 8.02. The number of pyridine rings is 1. The zero-order valence-corrected chi connectivity index (χ0v) is 21.7. The summed E-state index contributed by atoms with van der Waals surface area (Å²) < 4.78 is 0. The van der Waals surface area contributed by atoms with Gasteiger partial charge in [0.25, 0.3) is 5.91 Å². The molecule has 0 bridgehead atoms. The number of anilines is 1. The van der Waals surface area contributed by atoms with Gasteiger partial charge < -0.3 is 20.9 Å². The van der Waals surface area contributed by atoms with Gasteiger partial charge in [-0.3, -0.25) is 9.79 Å². The molecule has 1 fully saturated rings. The Labute approximate surface area is 212 Å². The number of hydrogen-bond acceptors (Lipinski definition) is 4. The Hall–Kier alpha value is -2.07. The summed E-state index contributed by atoms with van der Waals surface area (Å²) in [5.41, 5.74) is 1.77. The lowest BCUT2D eigenvalue weighted by molar-refractivity contribution is 0.0953. The third kappa shape index (κ3) is 7.51. The fourth-order valence-electron chi connectivity index (χ4n) is 3.51. The van der Waals surface area contributed by atoms with Gasteiger partial charge in [0.2, 0.25) is 0 Å². The van der Waals surface area contributed by atoms with Crippen molar-refractivity contribution < 1.29 is 4.79 Å². The van der Waals surface area contributed by atoms with E-state index in [-0.39, 0.29) is 35.9 Å². The maximum Gasteiger partial charge on any atom is 0.251 e. The number of carbonyl (C=O) groups is 1. The molecule has 1 saturated heterocycles. The zero-order chi connectivity index (χ0) is 22.1. The number of nitrogens with zero attached hydrogens (tertiary/aromatic N) is 3. The van der Waals surface area contributed by atoms with E-state index in [1.165, 1.54) is 0 Å². The predicted octanol–water partition coefficient (Wildman–Crippen LogP) is 3.83. The minimum atomic E-state index is -0.0239. The number of rotatable bonds is 8. The molecular formula is C23H32ClIN6O. The highest BCUT2D eigenvalue weighted by Gasteiger charge is 2.25. The molecule has 7 nitrogen and oxygen atoms in total. The van der Waals surface area contributed by atoms with Gasteiger partial charge in [-0.15, -0.1) is 24.0 Å². The molecule has 0 radical (unpaired) electrons. The van der Waals surface area contributed by atoms with Crippen molar-refractivity contribution in [2.75, 3.05) is 31.6 Å². The molecule has 1 aromatic heterocycles. The molecule has 1 aromatic carbocycles. The molecule has 1 aliphatic heterocycles. The van der Waals surface area contributed by atoms with Crippen LogP contribution < -0.4 is 20.9 Å². The maximum absolute atomic E-state index is 12.1. The van der Waals surface area contributed by atoms with E-state index in [9.17, 15) is 4.79 Å². The highest BCUT2D eigenvalue weighted by Crippen LogP contribution is 2.25. The molecule has 174 valence electrons. The average molecular weight is 571 g/mol. The number of hydrogen-bond donors (Lipinski definition) is 3. The first-order chi connectivity index (χ1) is 15.1. The van der Waals surface area contributed by atoms with Crippen LogP contribution in [0.25, 0.3) is 0 Å². The van der Waals surface area contributed by atoms with Gasteiger partial charge >= 0.3 is 0 Å². The molecule has 1 amide bonds. The lowest BCUT2D eigenvalue weighted by Gasteiger charge is -2.20. The van der Waals surface area contributed by atoms with Crippen molar-refractivity contribution in [3.63, 3.8) is 0 Å². The Morgan fingerprint density at radius 3 is 2.72 bits per heavy atom. The standard InChI is InChI=1S/C23H31ClN6O.HI/c1-3-4-12-27-22(31)18-9-7-17(8-10-18)15-28-23(25-2)29-19-11-14-30(16-19)21-20(24)6-5-13-26-21;/h5-10,13,19H,3-4,11-12,14-16H2,1-2H3,(H,27,31)(H2,25,28,29);1H. The molecule has 2 aromatic rings. The van der Waals surface area contributed by atoms with E-state index in [4.69, 9.17) is 11.6 Å². The van der Waals surface area contributed by atoms with E-state index in [1.807, 2.05) is 36.4 Å². The second-order valence-electron chi connectivity index (χ2n) is 7.62. The Bertz CT molecular complexity index is 892. The minimum absolute atomic E-state index is 0. The van der Waals surface area contributed by atoms with Crippen molar-refractivity contribution in [1.82, 2.24) is 20.9 Å². The Balaban J connectivity index is 0.00000363. The Morgan fingerprint density at radius 2 is 2.03 bits per heavy atom. The third-order valence-electron chi connectivity index (χ3n) is 5.28. The van der Waals surface area contributed by atoms with Gasteiger partial charge in [0.05, 0.1) is 5.02 Å². The molecule has 3 N–H and O–H groups in total. The van der Waals surface area contributed by atoms with Crippen LogP contribution in [0.1, 0.15) is 42.1 Å². The van der Waals surface area contributed by atoms with E-state index in [0.29, 0.717) is 23.7 Å². The van der Waals surface area contributed by atoms with Gasteiger partial charge in [0.15, 0.2) is 5.96 Å². The number of guanidine groups is 1. The summed E-state index contributed by atoms with van der Waals surface area (Å²) in [6.45, 7) is 5.16. The smallest absolute Gasteiger partial charge is 0.251 e. The van der Waals surface area contributed by atoms with Crippen LogP contribution in [0.15, 0.2) is 47.6 Å². The Kier molecular flexibility index (Phi) is 11.0. The monoisotopic (exact) mass is 570 g/mol. The van der Waals surface area contributed by atoms with Crippen molar-refractivity contribution in [3.05, 3.63) is 58.7 Å². The molecule has 0 aliphatic carbocycles. The molecule has 1 atom stereocenters. The molecule has 32 heavy (non-hydrogen) atoms. The molecule has 0 saturated carbocycles. The van der Waals surface area contributed by atoms with Crippen LogP contribution in [0.3, 0.4) is 0 Å². The molecule has 1 aliphatic rings. The van der Waals surface area contributed by atoms with Crippen LogP contribution in [0.5, 0.6) is 0 Å². The van der Waals surface area contributed by atoms with Crippen molar-refractivity contribution in [2.45, 2.75) is 38.8 Å². The van der Waals surface area contributed by atoms with Crippen molar-refractivity contribution >= 4 is 53.3 Å². The minimum Gasteiger partial charge on any atom is -0.353 e. The van der Waals surface area contributed by atoms with Gasteiger partial charge in [-0.25, -0.2) is 4.98 Å². The van der Waals surface area contributed by atoms with Gasteiger partial charge in [0.1, 0.15) is 5.82 Å². The van der Waals surface area contributed by atoms with Gasteiger partial charge in [0, 0.05) is 51.0 Å². The van der Waals surface area contributed by atoms with Crippen LogP contribution in [0.2, 0.25) is 5.02 Å². The summed E-state index contributed by atoms with van der Waals surface area (Å²) in [6, 6.07) is 11.6. The van der Waals surface area contributed by atoms with E-state index < -0.39 is 0 Å². The van der Waals surface area contributed by atoms with Crippen molar-refractivity contribution in [3.8, 4) is 0 Å². The highest BCUT2D eigenvalue weighted by molar-refractivity contribution is 14.0. The van der Waals surface area contributed by atoms with Crippen molar-refractivity contribution in [1.29, 1.82) is 0 Å². The number of aliphatic imine (C=N–C) groups is 1. The van der Waals surface area contributed by atoms with E-state index >= 15 is 0 Å². The number of unbranched alkanes of at least 4 members (excludes halogenated alkanes) is 1. The fraction of sp³-hybridized carbons (Fsp3) is 0.435. The van der Waals surface area contributed by atoms with Crippen LogP contribution in [0.4, 0.5) is 5.82 Å². The lowest BCUT2D eigenvalue weighted by atomic mass is 10.1. The van der Waals surface area contributed by atoms with E-state index in [1.54, 1.807) is 13.2 Å². The molecule has 2 heterocycles. The summed E-state index contributed by atoms with van der Waals surface area (Å²) >= 11 is 6.28. The van der Waals surface area contributed by atoms with Crippen LogP contribution >= 0.6 is 35.6 Å². The predicted molar refractivity (Wildman–Crippen MR) is 142 cm³/mol. The maximum atomic E-state index is 12.1. The Morgan fingerprint density at radius 1 is 1.25 bits per heavy atom. The van der Waals surface area contributed by atoms with Crippen LogP contribution in [-0.2, 0) is 6.54 Å². The first kappa shape index (κ1) is 26.2. The molecule has 1 unspecified atom stereocenters. The SMILES string of the molecule is CCCCNC(=O)c1ccc(CNC(=NC)NC2CCN(c3ncccc3Cl)C2)cc1.I. The van der Waals surface area contributed by atoms with Crippen LogP contribution in [-0.4, -0.2) is 49.6 Å². The molecule has 9 heteroatoms. The van der Waals surface area contributed by atoms with Gasteiger partial charge in [-0.1, -0.05) is 37.1 Å². The number of aromatic nitrogens is 1. The summed E-state index contributed by atoms with van der Waals surface area (Å²) in [5, 5.41) is 10.4. The molecule has 0 spiro atoms.